The highest BCUT2D eigenvalue weighted by Crippen LogP contribution is 2.39. The van der Waals surface area contributed by atoms with Crippen molar-refractivity contribution in [2.24, 2.45) is 0 Å². The number of carbonyl (C=O) groups excluding carboxylic acids is 1. The first-order valence-electron chi connectivity index (χ1n) is 9.44. The van der Waals surface area contributed by atoms with E-state index in [1.807, 2.05) is 61.8 Å². The number of ether oxygens (including phenoxy) is 1. The molecular weight excluding hydrogens is 466 g/mol. The number of halogens is 1. The van der Waals surface area contributed by atoms with E-state index >= 15 is 0 Å². The Labute approximate surface area is 187 Å². The molecule has 2 atom stereocenters. The second kappa shape index (κ2) is 8.31. The molecule has 0 spiro atoms. The molecule has 2 aromatic carbocycles. The molecule has 0 saturated heterocycles. The van der Waals surface area contributed by atoms with Crippen LogP contribution in [0.1, 0.15) is 28.6 Å². The van der Waals surface area contributed by atoms with Gasteiger partial charge in [-0.25, -0.2) is 4.68 Å². The molecule has 7 nitrogen and oxygen atoms in total. The van der Waals surface area contributed by atoms with Crippen LogP contribution in [0.3, 0.4) is 0 Å². The first kappa shape index (κ1) is 20.7. The van der Waals surface area contributed by atoms with Crippen molar-refractivity contribution < 1.29 is 9.53 Å². The van der Waals surface area contributed by atoms with E-state index in [1.165, 1.54) is 11.8 Å². The van der Waals surface area contributed by atoms with Crippen LogP contribution in [0.5, 0.6) is 5.75 Å². The molecule has 30 heavy (non-hydrogen) atoms. The lowest BCUT2D eigenvalue weighted by Gasteiger charge is -2.33. The van der Waals surface area contributed by atoms with Gasteiger partial charge in [-0.05, 0) is 71.6 Å². The summed E-state index contributed by atoms with van der Waals surface area (Å²) in [4.78, 5) is 13.4. The Morgan fingerprint density at radius 2 is 2.00 bits per heavy atom. The van der Waals surface area contributed by atoms with E-state index < -0.39 is 5.25 Å². The normalized spacial score (nSPS) is 17.8. The number of rotatable bonds is 4. The Hall–Kier alpha value is -2.52. The zero-order valence-electron chi connectivity index (χ0n) is 17.1. The van der Waals surface area contributed by atoms with Crippen molar-refractivity contribution in [2.45, 2.75) is 37.2 Å². The summed E-state index contributed by atoms with van der Waals surface area (Å²) in [5.41, 5.74) is 7.30. The summed E-state index contributed by atoms with van der Waals surface area (Å²) in [6.07, 6.45) is 0. The molecule has 9 heteroatoms. The molecule has 1 aliphatic heterocycles. The molecule has 0 radical (unpaired) electrons. The summed E-state index contributed by atoms with van der Waals surface area (Å²) >= 11 is 4.95. The van der Waals surface area contributed by atoms with Gasteiger partial charge in [0, 0.05) is 5.69 Å². The molecular formula is C21H22BrN5O2S. The van der Waals surface area contributed by atoms with Crippen molar-refractivity contribution in [2.75, 3.05) is 17.9 Å². The summed E-state index contributed by atoms with van der Waals surface area (Å²) in [5.74, 6) is 1.38. The Bertz CT molecular complexity index is 1120. The zero-order valence-corrected chi connectivity index (χ0v) is 19.5. The largest absolute Gasteiger partial charge is 0.496 e. The molecule has 1 aliphatic rings. The number of hydrogen-bond acceptors (Lipinski definition) is 6. The molecule has 156 valence electrons. The Morgan fingerprint density at radius 1 is 1.20 bits per heavy atom. The smallest absolute Gasteiger partial charge is 0.240 e. The van der Waals surface area contributed by atoms with Gasteiger partial charge in [-0.15, -0.1) is 10.2 Å². The third kappa shape index (κ3) is 3.91. The van der Waals surface area contributed by atoms with E-state index in [0.717, 1.165) is 38.4 Å². The van der Waals surface area contributed by atoms with Crippen LogP contribution in [-0.4, -0.2) is 33.1 Å². The number of aryl methyl sites for hydroxylation is 3. The average Bonchev–Trinajstić information content (AvgIpc) is 3.09. The predicted octanol–water partition coefficient (Wildman–Crippen LogP) is 4.37. The molecule has 0 unspecified atom stereocenters. The number of nitrogens with zero attached hydrogens (tertiary/aromatic N) is 3. The van der Waals surface area contributed by atoms with Crippen molar-refractivity contribution in [3.8, 4) is 5.75 Å². The number of thioether (sulfide) groups is 1. The summed E-state index contributed by atoms with van der Waals surface area (Å²) in [6, 6.07) is 11.6. The fraction of sp³-hybridized carbons (Fsp3) is 0.286. The maximum absolute atomic E-state index is 13.4. The van der Waals surface area contributed by atoms with Gasteiger partial charge in [-0.2, -0.15) is 0 Å². The van der Waals surface area contributed by atoms with Crippen molar-refractivity contribution in [1.82, 2.24) is 14.9 Å². The molecule has 0 aliphatic carbocycles. The molecule has 1 amide bonds. The van der Waals surface area contributed by atoms with Crippen LogP contribution >= 0.6 is 27.7 Å². The van der Waals surface area contributed by atoms with Crippen molar-refractivity contribution in [3.63, 3.8) is 0 Å². The average molecular weight is 488 g/mol. The van der Waals surface area contributed by atoms with Gasteiger partial charge >= 0.3 is 0 Å². The zero-order chi connectivity index (χ0) is 21.4. The Morgan fingerprint density at radius 3 is 2.73 bits per heavy atom. The van der Waals surface area contributed by atoms with Crippen LogP contribution in [0, 0.1) is 20.8 Å². The minimum absolute atomic E-state index is 0.0926. The molecule has 3 aromatic rings. The van der Waals surface area contributed by atoms with E-state index in [4.69, 9.17) is 4.74 Å². The number of nitrogens with one attached hydrogen (secondary N) is 2. The molecule has 4 rings (SSSR count). The monoisotopic (exact) mass is 487 g/mol. The number of amides is 1. The van der Waals surface area contributed by atoms with E-state index in [1.54, 1.807) is 7.11 Å². The fourth-order valence-electron chi connectivity index (χ4n) is 3.36. The third-order valence-electron chi connectivity index (χ3n) is 5.04. The SMILES string of the molecule is COc1ccc([C@H]2Nn3c(C)nnc3S[C@H]2C(=O)Nc2cc(C)ccc2C)cc1Br. The molecule has 0 fully saturated rings. The van der Waals surface area contributed by atoms with Gasteiger partial charge in [-0.3, -0.25) is 4.79 Å². The Balaban J connectivity index is 1.70. The highest BCUT2D eigenvalue weighted by molar-refractivity contribution is 9.10. The number of benzene rings is 2. The second-order valence-electron chi connectivity index (χ2n) is 7.21. The second-order valence-corrected chi connectivity index (χ2v) is 9.18. The number of fused-ring (bicyclic) bond motifs is 1. The summed E-state index contributed by atoms with van der Waals surface area (Å²) in [6.45, 7) is 5.87. The van der Waals surface area contributed by atoms with E-state index in [9.17, 15) is 4.79 Å². The number of hydrogen-bond donors (Lipinski definition) is 2. The lowest BCUT2D eigenvalue weighted by atomic mass is 10.0. The van der Waals surface area contributed by atoms with Crippen molar-refractivity contribution in [1.29, 1.82) is 0 Å². The first-order valence-corrected chi connectivity index (χ1v) is 11.1. The quantitative estimate of drug-likeness (QED) is 0.568. The highest BCUT2D eigenvalue weighted by Gasteiger charge is 2.37. The first-order chi connectivity index (χ1) is 14.4. The van der Waals surface area contributed by atoms with Crippen LogP contribution in [0.15, 0.2) is 46.0 Å². The standard InChI is InChI=1S/C21H22BrN5O2S/c1-11-5-6-12(2)16(9-11)23-20(28)19-18(14-7-8-17(29-4)15(22)10-14)26-27-13(3)24-25-21(27)30-19/h5-10,18-19,26H,1-4H3,(H,23,28)/t18-,19-/m1/s1. The van der Waals surface area contributed by atoms with Crippen LogP contribution in [-0.2, 0) is 4.79 Å². The molecule has 1 aromatic heterocycles. The van der Waals surface area contributed by atoms with Crippen molar-refractivity contribution in [3.05, 3.63) is 63.4 Å². The van der Waals surface area contributed by atoms with Gasteiger partial charge in [0.1, 0.15) is 16.8 Å². The van der Waals surface area contributed by atoms with Crippen LogP contribution in [0.25, 0.3) is 0 Å². The molecule has 2 heterocycles. The van der Waals surface area contributed by atoms with Crippen molar-refractivity contribution >= 4 is 39.3 Å². The van der Waals surface area contributed by atoms with Crippen LogP contribution in [0.2, 0.25) is 0 Å². The number of carbonyl (C=O) groups is 1. The number of aromatic nitrogens is 3. The van der Waals surface area contributed by atoms with Crippen LogP contribution in [0.4, 0.5) is 5.69 Å². The topological polar surface area (TPSA) is 81.1 Å². The maximum atomic E-state index is 13.4. The lowest BCUT2D eigenvalue weighted by Crippen LogP contribution is -2.41. The van der Waals surface area contributed by atoms with Gasteiger partial charge in [0.25, 0.3) is 0 Å². The summed E-state index contributed by atoms with van der Waals surface area (Å²) < 4.78 is 8.01. The van der Waals surface area contributed by atoms with Gasteiger partial charge in [-0.1, -0.05) is 30.0 Å². The minimum Gasteiger partial charge on any atom is -0.496 e. The van der Waals surface area contributed by atoms with E-state index in [2.05, 4.69) is 36.9 Å². The Kier molecular flexibility index (Phi) is 5.75. The predicted molar refractivity (Wildman–Crippen MR) is 122 cm³/mol. The molecule has 0 bridgehead atoms. The maximum Gasteiger partial charge on any atom is 0.240 e. The number of methoxy groups -OCH3 is 1. The van der Waals surface area contributed by atoms with E-state index in [-0.39, 0.29) is 11.9 Å². The minimum atomic E-state index is -0.443. The van der Waals surface area contributed by atoms with E-state index in [0.29, 0.717) is 5.16 Å². The molecule has 0 saturated carbocycles. The molecule has 2 N–H and O–H groups in total. The van der Waals surface area contributed by atoms with Gasteiger partial charge in [0.05, 0.1) is 17.6 Å². The lowest BCUT2D eigenvalue weighted by molar-refractivity contribution is -0.116. The summed E-state index contributed by atoms with van der Waals surface area (Å²) in [5, 5.41) is 11.7. The fourth-order valence-corrected chi connectivity index (χ4v) is 5.04. The van der Waals surface area contributed by atoms with Gasteiger partial charge in [0.2, 0.25) is 11.1 Å². The highest BCUT2D eigenvalue weighted by atomic mass is 79.9. The van der Waals surface area contributed by atoms with Gasteiger partial charge < -0.3 is 15.5 Å². The van der Waals surface area contributed by atoms with Crippen LogP contribution < -0.4 is 15.5 Å². The van der Waals surface area contributed by atoms with Gasteiger partial charge in [0.15, 0.2) is 0 Å². The third-order valence-corrected chi connectivity index (χ3v) is 6.88. The number of anilines is 1. The summed E-state index contributed by atoms with van der Waals surface area (Å²) in [7, 11) is 1.63.